The molecule has 0 fully saturated rings. The zero-order chi connectivity index (χ0) is 14.4. The van der Waals surface area contributed by atoms with Gasteiger partial charge >= 0.3 is 0 Å². The number of hydrogen-bond donors (Lipinski definition) is 2. The maximum absolute atomic E-state index is 13.3. The Morgan fingerprint density at radius 3 is 2.95 bits per heavy atom. The van der Waals surface area contributed by atoms with Crippen LogP contribution in [0.5, 0.6) is 0 Å². The lowest BCUT2D eigenvalue weighted by atomic mass is 10.3. The lowest BCUT2D eigenvalue weighted by molar-refractivity contribution is 0.0282. The summed E-state index contributed by atoms with van der Waals surface area (Å²) < 4.78 is 24.1. The van der Waals surface area contributed by atoms with Gasteiger partial charge in [-0.25, -0.2) is 4.39 Å². The molecule has 0 bridgehead atoms. The van der Waals surface area contributed by atoms with Gasteiger partial charge in [0.15, 0.2) is 0 Å². The van der Waals surface area contributed by atoms with E-state index in [0.29, 0.717) is 22.5 Å². The first-order chi connectivity index (χ1) is 9.65. The summed E-state index contributed by atoms with van der Waals surface area (Å²) in [5, 5.41) is 12.7. The number of nitrogens with one attached hydrogen (secondary N) is 1. The molecule has 0 aliphatic carbocycles. The van der Waals surface area contributed by atoms with Gasteiger partial charge in [0.05, 0.1) is 23.4 Å². The van der Waals surface area contributed by atoms with Gasteiger partial charge in [-0.15, -0.1) is 0 Å². The quantitative estimate of drug-likeness (QED) is 0.810. The van der Waals surface area contributed by atoms with Crippen molar-refractivity contribution in [1.82, 2.24) is 0 Å². The first-order valence-electron chi connectivity index (χ1n) is 6.12. The van der Waals surface area contributed by atoms with Crippen LogP contribution in [0.4, 0.5) is 10.1 Å². The molecule has 0 spiro atoms. The van der Waals surface area contributed by atoms with Gasteiger partial charge in [0.25, 0.3) is 0 Å². The second-order valence-corrected chi connectivity index (χ2v) is 5.11. The van der Waals surface area contributed by atoms with Crippen LogP contribution in [-0.4, -0.2) is 24.4 Å². The molecule has 0 saturated heterocycles. The average Bonchev–Trinajstić information content (AvgIpc) is 2.93. The maximum Gasteiger partial charge on any atom is 0.139 e. The summed E-state index contributed by atoms with van der Waals surface area (Å²) in [7, 11) is 0. The number of furan rings is 1. The molecule has 6 heteroatoms. The van der Waals surface area contributed by atoms with Crippen molar-refractivity contribution < 1.29 is 18.7 Å². The third-order valence-corrected chi connectivity index (χ3v) is 3.24. The van der Waals surface area contributed by atoms with Crippen molar-refractivity contribution in [3.63, 3.8) is 0 Å². The highest BCUT2D eigenvalue weighted by Gasteiger charge is 2.06. The summed E-state index contributed by atoms with van der Waals surface area (Å²) in [5.41, 5.74) is 0.607. The number of ether oxygens (including phenoxy) is 1. The highest BCUT2D eigenvalue weighted by atomic mass is 79.9. The Hall–Kier alpha value is -1.37. The smallest absolute Gasteiger partial charge is 0.139 e. The summed E-state index contributed by atoms with van der Waals surface area (Å²) in [5.74, 6) is 0.360. The van der Waals surface area contributed by atoms with Crippen molar-refractivity contribution in [1.29, 1.82) is 0 Å². The number of anilines is 1. The molecule has 0 aliphatic rings. The first-order valence-corrected chi connectivity index (χ1v) is 6.91. The van der Waals surface area contributed by atoms with Gasteiger partial charge in [-0.2, -0.15) is 0 Å². The van der Waals surface area contributed by atoms with E-state index in [1.165, 1.54) is 6.07 Å². The molecule has 1 aromatic carbocycles. The monoisotopic (exact) mass is 343 g/mol. The standard InChI is InChI=1S/C14H15BrFNO3/c15-13-4-3-10(6-14(13)16)17-7-11(18)8-19-9-12-2-1-5-20-12/h1-6,11,17-18H,7-9H2. The van der Waals surface area contributed by atoms with Crippen molar-refractivity contribution in [2.24, 2.45) is 0 Å². The van der Waals surface area contributed by atoms with Crippen molar-refractivity contribution in [2.75, 3.05) is 18.5 Å². The van der Waals surface area contributed by atoms with Crippen LogP contribution in [0.25, 0.3) is 0 Å². The zero-order valence-corrected chi connectivity index (χ0v) is 12.3. The predicted molar refractivity (Wildman–Crippen MR) is 77.0 cm³/mol. The lowest BCUT2D eigenvalue weighted by Crippen LogP contribution is -2.24. The highest BCUT2D eigenvalue weighted by molar-refractivity contribution is 9.10. The molecule has 1 aromatic heterocycles. The largest absolute Gasteiger partial charge is 0.467 e. The van der Waals surface area contributed by atoms with Crippen LogP contribution in [0, 0.1) is 5.82 Å². The Morgan fingerprint density at radius 2 is 2.25 bits per heavy atom. The molecule has 108 valence electrons. The molecule has 20 heavy (non-hydrogen) atoms. The molecule has 0 radical (unpaired) electrons. The minimum atomic E-state index is -0.684. The van der Waals surface area contributed by atoms with E-state index in [2.05, 4.69) is 21.2 Å². The van der Waals surface area contributed by atoms with Crippen molar-refractivity contribution >= 4 is 21.6 Å². The van der Waals surface area contributed by atoms with Gasteiger partial charge in [-0.3, -0.25) is 0 Å². The molecule has 2 rings (SSSR count). The third kappa shape index (κ3) is 4.63. The first kappa shape index (κ1) is 15.0. The number of benzene rings is 1. The Morgan fingerprint density at radius 1 is 1.40 bits per heavy atom. The molecule has 4 nitrogen and oxygen atoms in total. The molecule has 1 heterocycles. The van der Waals surface area contributed by atoms with Gasteiger partial charge in [0.2, 0.25) is 0 Å². The SMILES string of the molecule is OC(CNc1ccc(Br)c(F)c1)COCc1ccco1. The van der Waals surface area contributed by atoms with E-state index < -0.39 is 6.10 Å². The maximum atomic E-state index is 13.3. The second-order valence-electron chi connectivity index (χ2n) is 4.26. The summed E-state index contributed by atoms with van der Waals surface area (Å²) in [4.78, 5) is 0. The van der Waals surface area contributed by atoms with E-state index in [4.69, 9.17) is 9.15 Å². The second kappa shape index (κ2) is 7.42. The number of aliphatic hydroxyl groups is 1. The molecule has 0 saturated carbocycles. The van der Waals surface area contributed by atoms with Crippen LogP contribution in [0.1, 0.15) is 5.76 Å². The van der Waals surface area contributed by atoms with E-state index in [-0.39, 0.29) is 19.0 Å². The lowest BCUT2D eigenvalue weighted by Gasteiger charge is -2.13. The van der Waals surface area contributed by atoms with E-state index in [9.17, 15) is 9.50 Å². The highest BCUT2D eigenvalue weighted by Crippen LogP contribution is 2.19. The van der Waals surface area contributed by atoms with Crippen molar-refractivity contribution in [3.8, 4) is 0 Å². The van der Waals surface area contributed by atoms with E-state index in [0.717, 1.165) is 0 Å². The van der Waals surface area contributed by atoms with Gasteiger partial charge < -0.3 is 19.6 Å². The fourth-order valence-electron chi connectivity index (χ4n) is 1.59. The van der Waals surface area contributed by atoms with Crippen LogP contribution in [0.15, 0.2) is 45.5 Å². The van der Waals surface area contributed by atoms with Gasteiger partial charge in [0.1, 0.15) is 18.2 Å². The minimum absolute atomic E-state index is 0.173. The fourth-order valence-corrected chi connectivity index (χ4v) is 1.84. The molecule has 1 atom stereocenters. The van der Waals surface area contributed by atoms with Gasteiger partial charge in [0, 0.05) is 12.2 Å². The topological polar surface area (TPSA) is 54.6 Å². The fraction of sp³-hybridized carbons (Fsp3) is 0.286. The summed E-state index contributed by atoms with van der Waals surface area (Å²) >= 11 is 3.08. The molecular weight excluding hydrogens is 329 g/mol. The molecular formula is C14H15BrFNO3. The molecule has 2 aromatic rings. The Bertz CT molecular complexity index is 533. The summed E-state index contributed by atoms with van der Waals surface area (Å²) in [6.07, 6.45) is 0.885. The van der Waals surface area contributed by atoms with Crippen LogP contribution in [0.3, 0.4) is 0 Å². The summed E-state index contributed by atoms with van der Waals surface area (Å²) in [6, 6.07) is 8.27. The van der Waals surface area contributed by atoms with E-state index in [1.807, 2.05) is 0 Å². The van der Waals surface area contributed by atoms with Gasteiger partial charge in [-0.05, 0) is 46.3 Å². The minimum Gasteiger partial charge on any atom is -0.467 e. The van der Waals surface area contributed by atoms with E-state index >= 15 is 0 Å². The Balaban J connectivity index is 1.69. The van der Waals surface area contributed by atoms with Crippen LogP contribution in [-0.2, 0) is 11.3 Å². The summed E-state index contributed by atoms with van der Waals surface area (Å²) in [6.45, 7) is 0.767. The predicted octanol–water partition coefficient (Wildman–Crippen LogP) is 3.17. The zero-order valence-electron chi connectivity index (χ0n) is 10.7. The normalized spacial score (nSPS) is 12.3. The van der Waals surface area contributed by atoms with Crippen LogP contribution >= 0.6 is 15.9 Å². The number of hydrogen-bond acceptors (Lipinski definition) is 4. The van der Waals surface area contributed by atoms with Crippen molar-refractivity contribution in [2.45, 2.75) is 12.7 Å². The van der Waals surface area contributed by atoms with Crippen LogP contribution in [0.2, 0.25) is 0 Å². The Labute approximate surface area is 124 Å². The van der Waals surface area contributed by atoms with Crippen LogP contribution < -0.4 is 5.32 Å². The number of rotatable bonds is 7. The number of aliphatic hydroxyl groups excluding tert-OH is 1. The number of halogens is 2. The average molecular weight is 344 g/mol. The van der Waals surface area contributed by atoms with Crippen molar-refractivity contribution in [3.05, 3.63) is 52.6 Å². The molecule has 2 N–H and O–H groups in total. The molecule has 0 aliphatic heterocycles. The van der Waals surface area contributed by atoms with Gasteiger partial charge in [-0.1, -0.05) is 0 Å². The Kier molecular flexibility index (Phi) is 5.58. The molecule has 0 amide bonds. The molecule has 1 unspecified atom stereocenters. The van der Waals surface area contributed by atoms with E-state index in [1.54, 1.807) is 30.5 Å². The third-order valence-electron chi connectivity index (χ3n) is 2.60.